The van der Waals surface area contributed by atoms with Crippen LogP contribution in [0.1, 0.15) is 31.4 Å². The fourth-order valence-electron chi connectivity index (χ4n) is 2.66. The van der Waals surface area contributed by atoms with E-state index in [1.807, 2.05) is 30.3 Å². The van der Waals surface area contributed by atoms with E-state index in [1.54, 1.807) is 6.07 Å². The lowest BCUT2D eigenvalue weighted by molar-refractivity contribution is 0.0536. The molecule has 2 aromatic carbocycles. The molecule has 1 atom stereocenters. The average molecular weight is 448 g/mol. The normalized spacial score (nSPS) is 12.7. The second-order valence-corrected chi connectivity index (χ2v) is 8.15. The molecular weight excluding hydrogens is 423 g/mol. The number of halogens is 3. The molecule has 0 amide bonds. The molecule has 0 aliphatic carbocycles. The van der Waals surface area contributed by atoms with Crippen molar-refractivity contribution in [2.45, 2.75) is 31.8 Å². The van der Waals surface area contributed by atoms with Gasteiger partial charge in [0.2, 0.25) is 0 Å². The fraction of sp³-hybridized carbons (Fsp3) is 0.429. The van der Waals surface area contributed by atoms with Crippen molar-refractivity contribution in [3.8, 4) is 11.5 Å². The number of benzene rings is 2. The van der Waals surface area contributed by atoms with E-state index in [9.17, 15) is 5.11 Å². The minimum Gasteiger partial charge on any atom is -0.492 e. The molecular formula is C21H25Cl3O4. The highest BCUT2D eigenvalue weighted by Gasteiger charge is 2.25. The molecule has 0 bridgehead atoms. The van der Waals surface area contributed by atoms with Gasteiger partial charge in [0, 0.05) is 11.3 Å². The first-order chi connectivity index (χ1) is 13.3. The highest BCUT2D eigenvalue weighted by Crippen LogP contribution is 2.38. The van der Waals surface area contributed by atoms with Crippen molar-refractivity contribution >= 4 is 34.8 Å². The zero-order chi connectivity index (χ0) is 20.7. The van der Waals surface area contributed by atoms with E-state index in [4.69, 9.17) is 49.4 Å². The first-order valence-corrected chi connectivity index (χ1v) is 10.3. The summed E-state index contributed by atoms with van der Waals surface area (Å²) < 4.78 is 11.1. The maximum absolute atomic E-state index is 9.41. The smallest absolute Gasteiger partial charge is 0.138 e. The quantitative estimate of drug-likeness (QED) is 0.395. The Balaban J connectivity index is 2.19. The molecule has 4 nitrogen and oxygen atoms in total. The molecule has 154 valence electrons. The average Bonchev–Trinajstić information content (AvgIpc) is 2.67. The number of aliphatic hydroxyl groups excluding tert-OH is 2. The van der Waals surface area contributed by atoms with Crippen LogP contribution in [-0.2, 0) is 5.41 Å². The summed E-state index contributed by atoms with van der Waals surface area (Å²) in [4.78, 5) is 0. The van der Waals surface area contributed by atoms with Gasteiger partial charge in [-0.05, 0) is 41.8 Å². The molecule has 0 radical (unpaired) electrons. The summed E-state index contributed by atoms with van der Waals surface area (Å²) in [6.45, 7) is 4.28. The second-order valence-electron chi connectivity index (χ2n) is 6.95. The third kappa shape index (κ3) is 5.91. The summed E-state index contributed by atoms with van der Waals surface area (Å²) in [5.41, 5.74) is 1.65. The number of hydrogen-bond acceptors (Lipinski definition) is 4. The first kappa shape index (κ1) is 23.1. The Morgan fingerprint density at radius 1 is 0.964 bits per heavy atom. The van der Waals surface area contributed by atoms with E-state index in [2.05, 4.69) is 13.8 Å². The molecule has 0 saturated carbocycles. The van der Waals surface area contributed by atoms with Crippen LogP contribution in [0.5, 0.6) is 11.5 Å². The van der Waals surface area contributed by atoms with Crippen molar-refractivity contribution in [1.82, 2.24) is 0 Å². The van der Waals surface area contributed by atoms with Crippen molar-refractivity contribution in [3.05, 3.63) is 57.6 Å². The van der Waals surface area contributed by atoms with Gasteiger partial charge in [0.25, 0.3) is 0 Å². The van der Waals surface area contributed by atoms with Crippen LogP contribution in [0.2, 0.25) is 10.0 Å². The van der Waals surface area contributed by atoms with Crippen molar-refractivity contribution in [3.63, 3.8) is 0 Å². The lowest BCUT2D eigenvalue weighted by atomic mass is 9.78. The van der Waals surface area contributed by atoms with Crippen molar-refractivity contribution in [2.24, 2.45) is 0 Å². The Morgan fingerprint density at radius 2 is 1.50 bits per heavy atom. The topological polar surface area (TPSA) is 58.9 Å². The van der Waals surface area contributed by atoms with Crippen LogP contribution in [0.4, 0.5) is 0 Å². The minimum absolute atomic E-state index is 0.0280. The number of hydrogen-bond donors (Lipinski definition) is 2. The first-order valence-electron chi connectivity index (χ1n) is 9.00. The summed E-state index contributed by atoms with van der Waals surface area (Å²) in [5.74, 6) is 1.63. The van der Waals surface area contributed by atoms with E-state index in [-0.39, 0.29) is 18.6 Å². The maximum atomic E-state index is 9.41. The summed E-state index contributed by atoms with van der Waals surface area (Å²) in [6.07, 6.45) is -0.188. The van der Waals surface area contributed by atoms with Crippen LogP contribution in [0, 0.1) is 0 Å². The van der Waals surface area contributed by atoms with Gasteiger partial charge in [-0.3, -0.25) is 0 Å². The predicted molar refractivity (Wildman–Crippen MR) is 114 cm³/mol. The van der Waals surface area contributed by atoms with Gasteiger partial charge in [-0.2, -0.15) is 0 Å². The lowest BCUT2D eigenvalue weighted by Gasteiger charge is -2.27. The number of ether oxygens (including phenoxy) is 2. The van der Waals surface area contributed by atoms with Crippen LogP contribution in [0.25, 0.3) is 0 Å². The van der Waals surface area contributed by atoms with Crippen molar-refractivity contribution < 1.29 is 19.7 Å². The molecule has 2 rings (SSSR count). The number of alkyl halides is 1. The molecule has 28 heavy (non-hydrogen) atoms. The van der Waals surface area contributed by atoms with Crippen LogP contribution < -0.4 is 9.47 Å². The zero-order valence-electron chi connectivity index (χ0n) is 15.9. The van der Waals surface area contributed by atoms with Crippen LogP contribution in [-0.4, -0.2) is 42.0 Å². The largest absolute Gasteiger partial charge is 0.492 e. The molecule has 1 unspecified atom stereocenters. The van der Waals surface area contributed by atoms with Crippen LogP contribution in [0.3, 0.4) is 0 Å². The van der Waals surface area contributed by atoms with Crippen LogP contribution in [0.15, 0.2) is 36.4 Å². The standard InChI is InChI=1S/C21H25Cl3O4/c1-21(2,14-4-6-19(17(23)10-14)27-9-3-8-22)15-5-7-20(18(24)11-15)28-13-16(26)12-25/h4-7,10-11,16,25-26H,3,8-9,12-13H2,1-2H3. The maximum Gasteiger partial charge on any atom is 0.138 e. The molecule has 0 aliphatic rings. The van der Waals surface area contributed by atoms with Gasteiger partial charge in [-0.15, -0.1) is 11.6 Å². The molecule has 0 spiro atoms. The fourth-order valence-corrected chi connectivity index (χ4v) is 3.23. The van der Waals surface area contributed by atoms with Gasteiger partial charge in [-0.25, -0.2) is 0 Å². The number of aliphatic hydroxyl groups is 2. The van der Waals surface area contributed by atoms with E-state index in [0.717, 1.165) is 17.5 Å². The highest BCUT2D eigenvalue weighted by atomic mass is 35.5. The van der Waals surface area contributed by atoms with Gasteiger partial charge in [0.05, 0.1) is 23.3 Å². The number of rotatable bonds is 10. The molecule has 2 N–H and O–H groups in total. The van der Waals surface area contributed by atoms with Crippen molar-refractivity contribution in [1.29, 1.82) is 0 Å². The van der Waals surface area contributed by atoms with Crippen LogP contribution >= 0.6 is 34.8 Å². The molecule has 0 heterocycles. The van der Waals surface area contributed by atoms with E-state index < -0.39 is 6.10 Å². The van der Waals surface area contributed by atoms with Gasteiger partial charge in [-0.1, -0.05) is 49.2 Å². The Kier molecular flexibility index (Phi) is 8.72. The van der Waals surface area contributed by atoms with Crippen molar-refractivity contribution in [2.75, 3.05) is 25.7 Å². The Bertz CT molecular complexity index is 780. The highest BCUT2D eigenvalue weighted by molar-refractivity contribution is 6.32. The monoisotopic (exact) mass is 446 g/mol. The SMILES string of the molecule is CC(C)(c1ccc(OCCCCl)c(Cl)c1)c1ccc(OCC(O)CO)c(Cl)c1. The molecule has 0 aromatic heterocycles. The van der Waals surface area contributed by atoms with Gasteiger partial charge in [0.15, 0.2) is 0 Å². The molecule has 7 heteroatoms. The zero-order valence-corrected chi connectivity index (χ0v) is 18.2. The molecule has 0 saturated heterocycles. The summed E-state index contributed by atoms with van der Waals surface area (Å²) in [7, 11) is 0. The Hall–Kier alpha value is -1.17. The van der Waals surface area contributed by atoms with Gasteiger partial charge in [0.1, 0.15) is 24.2 Å². The Labute approximate surface area is 180 Å². The second kappa shape index (κ2) is 10.6. The van der Waals surface area contributed by atoms with E-state index >= 15 is 0 Å². The third-order valence-corrected chi connectivity index (χ3v) is 5.34. The predicted octanol–water partition coefficient (Wildman–Crippen LogP) is 5.06. The third-order valence-electron chi connectivity index (χ3n) is 4.48. The van der Waals surface area contributed by atoms with Gasteiger partial charge >= 0.3 is 0 Å². The summed E-state index contributed by atoms with van der Waals surface area (Å²) >= 11 is 18.4. The van der Waals surface area contributed by atoms with Gasteiger partial charge < -0.3 is 19.7 Å². The molecule has 0 fully saturated rings. The molecule has 0 aliphatic heterocycles. The minimum atomic E-state index is -0.945. The van der Waals surface area contributed by atoms with E-state index in [0.29, 0.717) is 34.0 Å². The summed E-state index contributed by atoms with van der Waals surface area (Å²) in [5, 5.41) is 19.3. The molecule has 2 aromatic rings. The lowest BCUT2D eigenvalue weighted by Crippen LogP contribution is -2.22. The van der Waals surface area contributed by atoms with E-state index in [1.165, 1.54) is 0 Å². The Morgan fingerprint density at radius 3 is 1.96 bits per heavy atom. The summed E-state index contributed by atoms with van der Waals surface area (Å²) in [6, 6.07) is 11.3.